The molecule has 0 aromatic carbocycles. The summed E-state index contributed by atoms with van der Waals surface area (Å²) in [4.78, 5) is 1.30. The minimum Gasteiger partial charge on any atom is -0.316 e. The molecule has 0 saturated carbocycles. The molecule has 0 bridgehead atoms. The van der Waals surface area contributed by atoms with Crippen LogP contribution in [0.1, 0.15) is 20.3 Å². The van der Waals surface area contributed by atoms with E-state index in [9.17, 15) is 13.2 Å². The molecule has 2 nitrogen and oxygen atoms in total. The summed E-state index contributed by atoms with van der Waals surface area (Å²) in [5.74, 6) is 0.581. The lowest BCUT2D eigenvalue weighted by Gasteiger charge is -2.18. The molecule has 92 valence electrons. The summed E-state index contributed by atoms with van der Waals surface area (Å²) in [5, 5.41) is 3.20. The number of nitrogens with one attached hydrogen (secondary N) is 1. The second-order valence-corrected chi connectivity index (χ2v) is 4.30. The Balaban J connectivity index is 3.36. The Hall–Kier alpha value is -0.290. The van der Waals surface area contributed by atoms with E-state index in [1.165, 1.54) is 11.9 Å². The van der Waals surface area contributed by atoms with Crippen molar-refractivity contribution in [2.45, 2.75) is 26.4 Å². The highest BCUT2D eigenvalue weighted by Gasteiger charge is 2.28. The van der Waals surface area contributed by atoms with Gasteiger partial charge in [-0.1, -0.05) is 13.8 Å². The van der Waals surface area contributed by atoms with Gasteiger partial charge in [0.25, 0.3) is 0 Å². The quantitative estimate of drug-likeness (QED) is 0.669. The predicted octanol–water partition coefficient (Wildman–Crippen LogP) is 2.12. The van der Waals surface area contributed by atoms with Crippen LogP contribution in [0.25, 0.3) is 0 Å². The number of alkyl halides is 3. The van der Waals surface area contributed by atoms with Crippen molar-refractivity contribution in [3.63, 3.8) is 0 Å². The third-order valence-electron chi connectivity index (χ3n) is 1.90. The number of hydrogen-bond acceptors (Lipinski definition) is 2. The Morgan fingerprint density at radius 3 is 2.33 bits per heavy atom. The van der Waals surface area contributed by atoms with Crippen molar-refractivity contribution >= 4 is 0 Å². The summed E-state index contributed by atoms with van der Waals surface area (Å²) in [6.07, 6.45) is -3.33. The molecule has 0 saturated heterocycles. The smallest absolute Gasteiger partial charge is 0.316 e. The summed E-state index contributed by atoms with van der Waals surface area (Å²) in [5.41, 5.74) is 0. The van der Waals surface area contributed by atoms with E-state index in [2.05, 4.69) is 19.2 Å². The average Bonchev–Trinajstić information content (AvgIpc) is 1.99. The fourth-order valence-electron chi connectivity index (χ4n) is 1.25. The Morgan fingerprint density at radius 1 is 1.27 bits per heavy atom. The van der Waals surface area contributed by atoms with Gasteiger partial charge in [-0.05, 0) is 39.0 Å². The van der Waals surface area contributed by atoms with Gasteiger partial charge in [-0.3, -0.25) is 4.90 Å². The van der Waals surface area contributed by atoms with Gasteiger partial charge in [0.2, 0.25) is 0 Å². The monoisotopic (exact) mass is 226 g/mol. The minimum atomic E-state index is -4.08. The second-order valence-electron chi connectivity index (χ2n) is 4.30. The Kier molecular flexibility index (Phi) is 6.92. The number of halogens is 3. The maximum Gasteiger partial charge on any atom is 0.401 e. The van der Waals surface area contributed by atoms with E-state index in [0.29, 0.717) is 12.5 Å². The third kappa shape index (κ3) is 11.6. The van der Waals surface area contributed by atoms with Gasteiger partial charge < -0.3 is 5.32 Å². The summed E-state index contributed by atoms with van der Waals surface area (Å²) in [6, 6.07) is 0. The van der Waals surface area contributed by atoms with E-state index in [1.54, 1.807) is 0 Å². The van der Waals surface area contributed by atoms with Crippen LogP contribution in [0.5, 0.6) is 0 Å². The van der Waals surface area contributed by atoms with Crippen LogP contribution < -0.4 is 5.32 Å². The first-order valence-corrected chi connectivity index (χ1v) is 5.27. The maximum atomic E-state index is 11.9. The molecule has 0 aromatic heterocycles. The van der Waals surface area contributed by atoms with Gasteiger partial charge in [-0.25, -0.2) is 0 Å². The lowest BCUT2D eigenvalue weighted by Crippen LogP contribution is -2.33. The van der Waals surface area contributed by atoms with E-state index in [-0.39, 0.29) is 0 Å². The predicted molar refractivity (Wildman–Crippen MR) is 55.9 cm³/mol. The zero-order chi connectivity index (χ0) is 11.9. The van der Waals surface area contributed by atoms with Gasteiger partial charge in [0, 0.05) is 0 Å². The second kappa shape index (κ2) is 7.06. The molecule has 0 heterocycles. The zero-order valence-electron chi connectivity index (χ0n) is 9.69. The van der Waals surface area contributed by atoms with Crippen LogP contribution in [-0.4, -0.2) is 44.3 Å². The summed E-state index contributed by atoms with van der Waals surface area (Å²) < 4.78 is 35.8. The molecule has 0 aliphatic carbocycles. The molecule has 0 amide bonds. The zero-order valence-corrected chi connectivity index (χ0v) is 9.69. The van der Waals surface area contributed by atoms with Crippen LogP contribution in [0.2, 0.25) is 0 Å². The Bertz CT molecular complexity index is 157. The fourth-order valence-corrected chi connectivity index (χ4v) is 1.25. The van der Waals surface area contributed by atoms with Gasteiger partial charge in [-0.2, -0.15) is 13.2 Å². The van der Waals surface area contributed by atoms with E-state index in [1.807, 2.05) is 0 Å². The summed E-state index contributed by atoms with van der Waals surface area (Å²) >= 11 is 0. The Morgan fingerprint density at radius 2 is 1.87 bits per heavy atom. The van der Waals surface area contributed by atoms with E-state index in [0.717, 1.165) is 19.5 Å². The average molecular weight is 226 g/mol. The molecule has 0 aliphatic heterocycles. The van der Waals surface area contributed by atoms with Crippen molar-refractivity contribution in [1.29, 1.82) is 0 Å². The molecule has 15 heavy (non-hydrogen) atoms. The van der Waals surface area contributed by atoms with Crippen LogP contribution >= 0.6 is 0 Å². The van der Waals surface area contributed by atoms with Crippen molar-refractivity contribution in [3.8, 4) is 0 Å². The van der Waals surface area contributed by atoms with Crippen LogP contribution in [0.4, 0.5) is 13.2 Å². The topological polar surface area (TPSA) is 15.3 Å². The van der Waals surface area contributed by atoms with Crippen LogP contribution in [0.3, 0.4) is 0 Å². The van der Waals surface area contributed by atoms with Gasteiger partial charge in [0.15, 0.2) is 0 Å². The van der Waals surface area contributed by atoms with E-state index < -0.39 is 12.7 Å². The largest absolute Gasteiger partial charge is 0.401 e. The molecule has 0 atom stereocenters. The Labute approximate surface area is 89.8 Å². The normalized spacial score (nSPS) is 12.8. The van der Waals surface area contributed by atoms with Crippen molar-refractivity contribution in [3.05, 3.63) is 0 Å². The van der Waals surface area contributed by atoms with Gasteiger partial charge in [-0.15, -0.1) is 0 Å². The summed E-state index contributed by atoms with van der Waals surface area (Å²) in [6.45, 7) is 5.55. The first-order chi connectivity index (χ1) is 6.81. The van der Waals surface area contributed by atoms with E-state index in [4.69, 9.17) is 0 Å². The molecule has 1 N–H and O–H groups in total. The van der Waals surface area contributed by atoms with Crippen molar-refractivity contribution < 1.29 is 13.2 Å². The SMILES string of the molecule is CC(C)CNCCCN(C)CC(F)(F)F. The first-order valence-electron chi connectivity index (χ1n) is 5.27. The molecule has 0 rings (SSSR count). The van der Waals surface area contributed by atoms with Gasteiger partial charge in [0.1, 0.15) is 0 Å². The molecule has 0 aliphatic rings. The van der Waals surface area contributed by atoms with Crippen molar-refractivity contribution in [2.24, 2.45) is 5.92 Å². The van der Waals surface area contributed by atoms with Crippen LogP contribution in [-0.2, 0) is 0 Å². The lowest BCUT2D eigenvalue weighted by atomic mass is 10.2. The number of hydrogen-bond donors (Lipinski definition) is 1. The first kappa shape index (κ1) is 14.7. The molecule has 0 aromatic rings. The van der Waals surface area contributed by atoms with Crippen LogP contribution in [0.15, 0.2) is 0 Å². The molecular weight excluding hydrogens is 205 g/mol. The molecule has 0 spiro atoms. The third-order valence-corrected chi connectivity index (χ3v) is 1.90. The molecular formula is C10H21F3N2. The number of nitrogens with zero attached hydrogens (tertiary/aromatic N) is 1. The minimum absolute atomic E-state index is 0.477. The fraction of sp³-hybridized carbons (Fsp3) is 1.00. The van der Waals surface area contributed by atoms with Gasteiger partial charge >= 0.3 is 6.18 Å². The highest BCUT2D eigenvalue weighted by Crippen LogP contribution is 2.15. The lowest BCUT2D eigenvalue weighted by molar-refractivity contribution is -0.143. The van der Waals surface area contributed by atoms with E-state index >= 15 is 0 Å². The highest BCUT2D eigenvalue weighted by molar-refractivity contribution is 4.60. The maximum absolute atomic E-state index is 11.9. The number of rotatable bonds is 7. The van der Waals surface area contributed by atoms with Crippen molar-refractivity contribution in [1.82, 2.24) is 10.2 Å². The van der Waals surface area contributed by atoms with Gasteiger partial charge in [0.05, 0.1) is 6.54 Å². The molecule has 0 radical (unpaired) electrons. The standard InChI is InChI=1S/C10H21F3N2/c1-9(2)7-14-5-4-6-15(3)8-10(11,12)13/h9,14H,4-8H2,1-3H3. The molecule has 5 heteroatoms. The summed E-state index contributed by atoms with van der Waals surface area (Å²) in [7, 11) is 1.50. The molecule has 0 fully saturated rings. The van der Waals surface area contributed by atoms with Crippen LogP contribution in [0, 0.1) is 5.92 Å². The highest BCUT2D eigenvalue weighted by atomic mass is 19.4. The van der Waals surface area contributed by atoms with Crippen molar-refractivity contribution in [2.75, 3.05) is 33.2 Å². The molecule has 0 unspecified atom stereocenters.